The van der Waals surface area contributed by atoms with Crippen LogP contribution in [0, 0.1) is 5.82 Å². The van der Waals surface area contributed by atoms with Gasteiger partial charge in [-0.15, -0.1) is 0 Å². The molecule has 4 aromatic rings. The van der Waals surface area contributed by atoms with Crippen molar-refractivity contribution in [3.63, 3.8) is 0 Å². The first kappa shape index (κ1) is 26.3. The highest BCUT2D eigenvalue weighted by Crippen LogP contribution is 2.48. The molecule has 8 nitrogen and oxygen atoms in total. The summed E-state index contributed by atoms with van der Waals surface area (Å²) >= 11 is 0. The molecule has 3 aromatic carbocycles. The number of nitrogens with one attached hydrogen (secondary N) is 1. The minimum atomic E-state index is -3.61. The molecule has 1 unspecified atom stereocenters. The van der Waals surface area contributed by atoms with E-state index in [9.17, 15) is 17.6 Å². The Labute approximate surface area is 231 Å². The van der Waals surface area contributed by atoms with Gasteiger partial charge in [-0.3, -0.25) is 9.10 Å². The minimum Gasteiger partial charge on any atom is -0.457 e. The lowest BCUT2D eigenvalue weighted by atomic mass is 10.00. The van der Waals surface area contributed by atoms with Gasteiger partial charge in [0.1, 0.15) is 28.7 Å². The number of hydrogen-bond acceptors (Lipinski definition) is 6. The maximum Gasteiger partial charge on any atom is 0.255 e. The Morgan fingerprint density at radius 2 is 1.70 bits per heavy atom. The molecule has 1 aliphatic carbocycles. The van der Waals surface area contributed by atoms with Crippen molar-refractivity contribution in [1.82, 2.24) is 5.32 Å². The van der Waals surface area contributed by atoms with Crippen LogP contribution >= 0.6 is 0 Å². The van der Waals surface area contributed by atoms with E-state index >= 15 is 0 Å². The van der Waals surface area contributed by atoms with Crippen molar-refractivity contribution in [1.29, 1.82) is 0 Å². The molecule has 0 bridgehead atoms. The summed E-state index contributed by atoms with van der Waals surface area (Å²) in [5.74, 6) is 0.958. The summed E-state index contributed by atoms with van der Waals surface area (Å²) in [7, 11) is -2.05. The molecule has 1 aliphatic heterocycles. The van der Waals surface area contributed by atoms with Crippen LogP contribution in [0.25, 0.3) is 22.3 Å². The fourth-order valence-electron chi connectivity index (χ4n) is 5.28. The summed E-state index contributed by atoms with van der Waals surface area (Å²) in [5, 5.41) is 3.34. The average Bonchev–Trinajstić information content (AvgIpc) is 3.51. The van der Waals surface area contributed by atoms with E-state index in [1.165, 1.54) is 22.7 Å². The molecule has 6 rings (SSSR count). The number of furan rings is 1. The number of sulfonamides is 1. The molecule has 10 heteroatoms. The molecule has 1 amide bonds. The first-order valence-electron chi connectivity index (χ1n) is 13.2. The van der Waals surface area contributed by atoms with Crippen LogP contribution in [0.4, 0.5) is 10.1 Å². The van der Waals surface area contributed by atoms with E-state index in [1.54, 1.807) is 49.5 Å². The van der Waals surface area contributed by atoms with Crippen molar-refractivity contribution in [2.24, 2.45) is 0 Å². The third kappa shape index (κ3) is 5.04. The zero-order valence-electron chi connectivity index (χ0n) is 22.1. The topological polar surface area (TPSA) is 98.1 Å². The van der Waals surface area contributed by atoms with Crippen molar-refractivity contribution in [3.8, 4) is 22.8 Å². The number of hydrogen-bond donors (Lipinski definition) is 1. The Balaban J connectivity index is 1.45. The van der Waals surface area contributed by atoms with Crippen LogP contribution in [-0.2, 0) is 14.8 Å². The zero-order chi connectivity index (χ0) is 28.0. The standard InChI is InChI=1S/C30H29FN2O6S/c1-32-30(34)28-25-15-24(18-3-4-18)26(33(40(2,35)36)21-13-14-37-17-21)16-27(25)39-29(28)19-5-9-22(10-6-19)38-23-11-7-20(31)8-12-23/h5-12,15-16,18,21H,3-4,13-14,17H2,1-2H3,(H,32,34). The minimum absolute atomic E-state index is 0.213. The normalized spacial score (nSPS) is 17.2. The maximum absolute atomic E-state index is 13.2. The molecule has 208 valence electrons. The third-order valence-electron chi connectivity index (χ3n) is 7.31. The van der Waals surface area contributed by atoms with Crippen molar-refractivity contribution in [3.05, 3.63) is 77.6 Å². The van der Waals surface area contributed by atoms with E-state index in [2.05, 4.69) is 5.32 Å². The number of fused-ring (bicyclic) bond motifs is 1. The molecule has 40 heavy (non-hydrogen) atoms. The molecular formula is C30H29FN2O6S. The molecule has 1 saturated heterocycles. The predicted molar refractivity (Wildman–Crippen MR) is 150 cm³/mol. The van der Waals surface area contributed by atoms with Crippen LogP contribution in [0.5, 0.6) is 11.5 Å². The van der Waals surface area contributed by atoms with Gasteiger partial charge in [0.25, 0.3) is 5.91 Å². The lowest BCUT2D eigenvalue weighted by molar-refractivity contribution is 0.0964. The third-order valence-corrected chi connectivity index (χ3v) is 8.52. The largest absolute Gasteiger partial charge is 0.457 e. The highest BCUT2D eigenvalue weighted by Gasteiger charge is 2.37. The van der Waals surface area contributed by atoms with Crippen LogP contribution < -0.4 is 14.4 Å². The summed E-state index contributed by atoms with van der Waals surface area (Å²) in [6.07, 6.45) is 3.72. The van der Waals surface area contributed by atoms with Crippen LogP contribution in [0.3, 0.4) is 0 Å². The Morgan fingerprint density at radius 3 is 2.27 bits per heavy atom. The van der Waals surface area contributed by atoms with Crippen LogP contribution in [0.1, 0.15) is 41.1 Å². The van der Waals surface area contributed by atoms with E-state index in [0.29, 0.717) is 64.7 Å². The fraction of sp³-hybridized carbons (Fsp3) is 0.300. The second-order valence-corrected chi connectivity index (χ2v) is 12.1. The molecule has 2 heterocycles. The van der Waals surface area contributed by atoms with E-state index in [0.717, 1.165) is 18.4 Å². The van der Waals surface area contributed by atoms with E-state index < -0.39 is 10.0 Å². The molecule has 1 saturated carbocycles. The van der Waals surface area contributed by atoms with Gasteiger partial charge >= 0.3 is 0 Å². The second-order valence-electron chi connectivity index (χ2n) is 10.2. The fourth-order valence-corrected chi connectivity index (χ4v) is 6.50. The van der Waals surface area contributed by atoms with Crippen LogP contribution in [0.2, 0.25) is 0 Å². The van der Waals surface area contributed by atoms with Crippen LogP contribution in [0.15, 0.2) is 65.1 Å². The summed E-state index contributed by atoms with van der Waals surface area (Å²) in [5.41, 5.74) is 2.94. The van der Waals surface area contributed by atoms with Gasteiger partial charge in [-0.2, -0.15) is 0 Å². The quantitative estimate of drug-likeness (QED) is 0.290. The lowest BCUT2D eigenvalue weighted by Gasteiger charge is -2.29. The van der Waals surface area contributed by atoms with Gasteiger partial charge in [0, 0.05) is 30.7 Å². The highest BCUT2D eigenvalue weighted by atomic mass is 32.2. The molecular weight excluding hydrogens is 535 g/mol. The Bertz CT molecular complexity index is 1670. The average molecular weight is 565 g/mol. The summed E-state index contributed by atoms with van der Waals surface area (Å²) in [6.45, 7) is 0.832. The van der Waals surface area contributed by atoms with E-state index in [-0.39, 0.29) is 23.7 Å². The van der Waals surface area contributed by atoms with Gasteiger partial charge in [-0.1, -0.05) is 0 Å². The number of carbonyl (C=O) groups is 1. The van der Waals surface area contributed by atoms with E-state index in [4.69, 9.17) is 13.9 Å². The lowest BCUT2D eigenvalue weighted by Crippen LogP contribution is -2.40. The monoisotopic (exact) mass is 564 g/mol. The summed E-state index contributed by atoms with van der Waals surface area (Å²) in [6, 6.07) is 16.1. The Kier molecular flexibility index (Phi) is 6.75. The van der Waals surface area contributed by atoms with Crippen molar-refractivity contribution in [2.75, 3.05) is 30.8 Å². The number of rotatable bonds is 8. The molecule has 1 atom stereocenters. The number of carbonyl (C=O) groups excluding carboxylic acids is 1. The van der Waals surface area contributed by atoms with Crippen molar-refractivity contribution in [2.45, 2.75) is 31.2 Å². The van der Waals surface area contributed by atoms with Gasteiger partial charge in [-0.25, -0.2) is 12.8 Å². The number of benzene rings is 3. The van der Waals surface area contributed by atoms with Gasteiger partial charge in [0.2, 0.25) is 10.0 Å². The second kappa shape index (κ2) is 10.3. The number of anilines is 1. The van der Waals surface area contributed by atoms with E-state index in [1.807, 2.05) is 6.07 Å². The maximum atomic E-state index is 13.2. The number of halogens is 1. The zero-order valence-corrected chi connectivity index (χ0v) is 23.0. The number of amides is 1. The predicted octanol–water partition coefficient (Wildman–Crippen LogP) is 5.82. The molecule has 1 N–H and O–H groups in total. The first-order valence-corrected chi connectivity index (χ1v) is 15.0. The Morgan fingerprint density at radius 1 is 1.02 bits per heavy atom. The summed E-state index contributed by atoms with van der Waals surface area (Å²) < 4.78 is 58.4. The molecule has 2 aliphatic rings. The van der Waals surface area contributed by atoms with Gasteiger partial charge in [0.15, 0.2) is 0 Å². The van der Waals surface area contributed by atoms with Gasteiger partial charge in [0.05, 0.1) is 30.2 Å². The molecule has 1 aromatic heterocycles. The SMILES string of the molecule is CNC(=O)c1c(-c2ccc(Oc3ccc(F)cc3)cc2)oc2cc(N(C3CCOC3)S(C)(=O)=O)c(C3CC3)cc12. The first-order chi connectivity index (χ1) is 19.2. The molecule has 0 spiro atoms. The van der Waals surface area contributed by atoms with Crippen LogP contribution in [-0.4, -0.2) is 46.9 Å². The Hall–Kier alpha value is -3.89. The van der Waals surface area contributed by atoms with Crippen molar-refractivity contribution >= 4 is 32.6 Å². The van der Waals surface area contributed by atoms with Gasteiger partial charge in [-0.05, 0) is 85.3 Å². The summed E-state index contributed by atoms with van der Waals surface area (Å²) in [4.78, 5) is 13.2. The highest BCUT2D eigenvalue weighted by molar-refractivity contribution is 7.92. The number of nitrogens with zero attached hydrogens (tertiary/aromatic N) is 1. The molecule has 2 fully saturated rings. The number of ether oxygens (including phenoxy) is 2. The van der Waals surface area contributed by atoms with Crippen molar-refractivity contribution < 1.29 is 31.5 Å². The van der Waals surface area contributed by atoms with Gasteiger partial charge < -0.3 is 19.2 Å². The molecule has 0 radical (unpaired) electrons. The smallest absolute Gasteiger partial charge is 0.255 e.